The molecule has 0 aromatic heterocycles. The quantitative estimate of drug-likeness (QED) is 0.0261. The number of likely N-dealkylation sites (N-methyl/N-ethyl adjacent to an activating group) is 2. The fourth-order valence-corrected chi connectivity index (χ4v) is 20.0. The molecule has 42 heteroatoms. The minimum Gasteiger partial charge on any atom is -0.492 e. The second-order valence-electron chi connectivity index (χ2n) is 31.0. The number of thioether (sulfide) groups is 2. The molecule has 0 saturated carbocycles. The Hall–Kier alpha value is -2.46. The summed E-state index contributed by atoms with van der Waals surface area (Å²) in [4.78, 5) is 41.2. The number of hydrogen-bond acceptors (Lipinski definition) is 40. The number of unbranched alkanes of at least 4 members (excludes halogenated alkanes) is 1. The summed E-state index contributed by atoms with van der Waals surface area (Å²) >= 11 is 5.76. The molecule has 2 aromatic carbocycles. The van der Waals surface area contributed by atoms with E-state index in [9.17, 15) is 45.3 Å². The summed E-state index contributed by atoms with van der Waals surface area (Å²) in [6.45, 7) is 20.0. The Morgan fingerprint density at radius 1 is 0.421 bits per heavy atom. The summed E-state index contributed by atoms with van der Waals surface area (Å²) in [6.07, 6.45) is -25.5. The number of methoxy groups -OCH3 is 9. The highest BCUT2D eigenvalue weighted by Gasteiger charge is 2.54. The molecule has 38 nitrogen and oxygen atoms in total. The molecular formula is C79H126I2N4O34S2. The van der Waals surface area contributed by atoms with Gasteiger partial charge in [0.1, 0.15) is 61.0 Å². The number of aliphatic hydroxyl groups is 7. The Balaban J connectivity index is 0.711. The molecule has 8 heterocycles. The van der Waals surface area contributed by atoms with E-state index < -0.39 is 193 Å². The molecule has 121 heavy (non-hydrogen) atoms. The van der Waals surface area contributed by atoms with Crippen LogP contribution >= 0.6 is 68.7 Å². The molecule has 0 aliphatic carbocycles. The fraction of sp³-hybridized carbons (Fsp3) is 0.823. The highest BCUT2D eigenvalue weighted by molar-refractivity contribution is 14.1. The Kier molecular flexibility index (Phi) is 39.0. The van der Waals surface area contributed by atoms with E-state index in [2.05, 4.69) is 21.6 Å². The van der Waals surface area contributed by atoms with Crippen LogP contribution in [0.4, 0.5) is 0 Å². The van der Waals surface area contributed by atoms with E-state index in [1.54, 1.807) is 69.6 Å². The van der Waals surface area contributed by atoms with Gasteiger partial charge in [-0.2, -0.15) is 11.0 Å². The van der Waals surface area contributed by atoms with E-state index in [1.807, 2.05) is 59.0 Å². The van der Waals surface area contributed by atoms with Crippen molar-refractivity contribution in [3.05, 3.63) is 29.4 Å². The van der Waals surface area contributed by atoms with Gasteiger partial charge in [0.2, 0.25) is 34.3 Å². The van der Waals surface area contributed by atoms with E-state index >= 15 is 0 Å². The lowest BCUT2D eigenvalue weighted by Crippen LogP contribution is -2.64. The van der Waals surface area contributed by atoms with Gasteiger partial charge in [-0.25, -0.2) is 0 Å². The first-order valence-corrected chi connectivity index (χ1v) is 44.8. The predicted molar refractivity (Wildman–Crippen MR) is 448 cm³/mol. The van der Waals surface area contributed by atoms with Crippen LogP contribution < -0.4 is 50.0 Å². The SMILES string of the molecule is CCN[C@H]1CO[C@@H](O[C@H]2[C@H](OC)O[C@H](C)[C@@H](NO[C@H]3C[C@H](O)[C@H](SC(=O)c4c(C)c(I)c(O[C@@H]5O[C@@H](C)[C@H](OCCCCO[C@@H]6O[C@H](C)[C@@H](NO[C@H]7C[C@H](O)[C@H](SC(=O)c8c(C)c(I)c(O[C@@H]9O[C@@H](C)[C@H](O)[C@@H](OC)[C@H]9O)c(OC)c8OC)[C@@H](C)O7)[C@H](O)[C@H]6O[C@H]6C[C@H](OC)[C@@H](NCC)CO6)[C@@H](OC)[C@H]5O)c(OC)c4OC)[C@@H](C)O3)[C@@H]2O)C[C@@H]1OC. The zero-order chi connectivity index (χ0) is 88.1. The van der Waals surface area contributed by atoms with Crippen molar-refractivity contribution < 1.29 is 164 Å². The largest absolute Gasteiger partial charge is 0.492 e. The number of nitrogens with one attached hydrogen (secondary N) is 4. The molecule has 8 aliphatic heterocycles. The van der Waals surface area contributed by atoms with Crippen molar-refractivity contribution in [3.8, 4) is 34.5 Å². The molecule has 2 aromatic rings. The first-order chi connectivity index (χ1) is 57.9. The minimum atomic E-state index is -1.42. The number of carbonyl (C=O) groups excluding carboxylic acids is 2. The Morgan fingerprint density at radius 3 is 1.23 bits per heavy atom. The van der Waals surface area contributed by atoms with Crippen molar-refractivity contribution in [2.24, 2.45) is 0 Å². The van der Waals surface area contributed by atoms with Gasteiger partial charge < -0.3 is 155 Å². The Labute approximate surface area is 741 Å². The smallest absolute Gasteiger partial charge is 0.229 e. The number of halogens is 2. The maximum absolute atomic E-state index is 14.6. The van der Waals surface area contributed by atoms with Crippen LogP contribution in [0.5, 0.6) is 34.5 Å². The fourth-order valence-electron chi connectivity index (χ4n) is 16.4. The summed E-state index contributed by atoms with van der Waals surface area (Å²) < 4.78 is 141. The molecule has 0 unspecified atom stereocenters. The molecule has 10 rings (SSSR count). The number of ether oxygens (including phenoxy) is 23. The second-order valence-corrected chi connectivity index (χ2v) is 35.4. The van der Waals surface area contributed by atoms with Crippen LogP contribution in [0.2, 0.25) is 0 Å². The average Bonchev–Trinajstić information content (AvgIpc) is 0.761. The number of rotatable bonds is 38. The first kappa shape index (κ1) is 101. The Morgan fingerprint density at radius 2 is 0.826 bits per heavy atom. The third-order valence-corrected chi connectivity index (χ3v) is 28.5. The van der Waals surface area contributed by atoms with Crippen LogP contribution in [-0.2, 0) is 90.2 Å². The summed E-state index contributed by atoms with van der Waals surface area (Å²) in [5, 5.41) is 85.4. The molecule has 0 spiro atoms. The topological polar surface area (TPSA) is 455 Å². The molecule has 8 saturated heterocycles. The van der Waals surface area contributed by atoms with Crippen LogP contribution in [0.15, 0.2) is 0 Å². The van der Waals surface area contributed by atoms with Gasteiger partial charge >= 0.3 is 0 Å². The van der Waals surface area contributed by atoms with E-state index in [4.69, 9.17) is 119 Å². The molecule has 692 valence electrons. The van der Waals surface area contributed by atoms with Crippen LogP contribution in [0.3, 0.4) is 0 Å². The lowest BCUT2D eigenvalue weighted by Gasteiger charge is -2.46. The highest BCUT2D eigenvalue weighted by Crippen LogP contribution is 2.51. The summed E-state index contributed by atoms with van der Waals surface area (Å²) in [7, 11) is 13.0. The number of hydroxylamine groups is 2. The van der Waals surface area contributed by atoms with Gasteiger partial charge in [0, 0.05) is 74.4 Å². The average molecular weight is 1990 g/mol. The predicted octanol–water partition coefficient (Wildman–Crippen LogP) is 3.15. The van der Waals surface area contributed by atoms with Crippen molar-refractivity contribution >= 4 is 78.9 Å². The molecule has 0 bridgehead atoms. The first-order valence-electron chi connectivity index (χ1n) is 40.9. The molecule has 8 aliphatic rings. The summed E-state index contributed by atoms with van der Waals surface area (Å²) in [5.74, 6) is 0.397. The van der Waals surface area contributed by atoms with Crippen molar-refractivity contribution in [3.63, 3.8) is 0 Å². The standard InChI is InChI=1S/C79H126I2N4O34S2/c1-20-82-40-30-106-46(28-44(40)95-11)114-68-57(89)54(34(5)110-78(68)103-19)84-118-48-26-42(86)72(38(9)108-48)121-75(94)51-33(4)53(81)65(71(102-18)63(51)98-14)117-77-60(92)67(100-16)61(37(8)113-77)104-24-22-23-25-105-79-69(115-47-29-45(96-12)41(31-107-47)83-21-2)58(90)55(35(6)111-79)85-119-49-27-43(87)73(39(10)109-49)120-74(93)50-32(3)52(80)64(70(101-17)62(50)97-13)116-76-59(91)66(99-15)56(88)36(7)112-76/h34-49,54-61,66-69,72-73,76-79,82-92H,20-31H2,1-19H3/t34-,35-,36+,37+,38-,39-,40+,41+,42+,43+,44+,45+,46+,47+,48+,49+,54-,55-,56+,57+,58+,59-,60-,61+,66-,67+,68-,69-,72-,73-,76+,77+,78-,79-/m1/s1. The van der Waals surface area contributed by atoms with Gasteiger partial charge in [0.05, 0.1) is 156 Å². The lowest BCUT2D eigenvalue weighted by molar-refractivity contribution is -0.334. The summed E-state index contributed by atoms with van der Waals surface area (Å²) in [5.41, 5.74) is 7.03. The Bertz CT molecular complexity index is 3580. The van der Waals surface area contributed by atoms with Crippen LogP contribution in [0.25, 0.3) is 0 Å². The van der Waals surface area contributed by atoms with Crippen LogP contribution in [-0.4, -0.2) is 357 Å². The normalized spacial score (nSPS) is 38.6. The number of aliphatic hydroxyl groups excluding tert-OH is 7. The zero-order valence-electron chi connectivity index (χ0n) is 71.8. The van der Waals surface area contributed by atoms with Crippen molar-refractivity contribution in [1.29, 1.82) is 0 Å². The zero-order valence-corrected chi connectivity index (χ0v) is 77.8. The lowest BCUT2D eigenvalue weighted by atomic mass is 9.97. The second kappa shape index (κ2) is 46.9. The third-order valence-electron chi connectivity index (χ3n) is 23.1. The van der Waals surface area contributed by atoms with E-state index in [0.717, 1.165) is 30.1 Å². The molecule has 8 fully saturated rings. The third kappa shape index (κ3) is 23.5. The number of carbonyl (C=O) groups is 2. The van der Waals surface area contributed by atoms with Crippen molar-refractivity contribution in [1.82, 2.24) is 21.6 Å². The van der Waals surface area contributed by atoms with Gasteiger partial charge in [-0.05, 0) is 138 Å². The molecule has 11 N–H and O–H groups in total. The van der Waals surface area contributed by atoms with Crippen molar-refractivity contribution in [2.45, 2.75) is 315 Å². The van der Waals surface area contributed by atoms with Gasteiger partial charge in [0.25, 0.3) is 0 Å². The number of benzene rings is 2. The van der Waals surface area contributed by atoms with Crippen LogP contribution in [0.1, 0.15) is 126 Å². The van der Waals surface area contributed by atoms with Gasteiger partial charge in [-0.1, -0.05) is 37.4 Å². The monoisotopic (exact) mass is 1990 g/mol. The molecular weight excluding hydrogens is 1870 g/mol. The maximum Gasteiger partial charge on any atom is 0.229 e. The van der Waals surface area contributed by atoms with E-state index in [-0.39, 0.29) is 103 Å². The van der Waals surface area contributed by atoms with Gasteiger partial charge in [-0.15, -0.1) is 0 Å². The molecule has 0 radical (unpaired) electrons. The number of hydrogen-bond donors (Lipinski definition) is 11. The molecule has 0 amide bonds. The van der Waals surface area contributed by atoms with Gasteiger partial charge in [-0.3, -0.25) is 19.3 Å². The molecule has 34 atom stereocenters. The van der Waals surface area contributed by atoms with Gasteiger partial charge in [0.15, 0.2) is 60.7 Å². The van der Waals surface area contributed by atoms with Crippen molar-refractivity contribution in [2.75, 3.05) is 104 Å². The van der Waals surface area contributed by atoms with E-state index in [1.165, 1.54) is 49.8 Å². The maximum atomic E-state index is 14.6. The highest BCUT2D eigenvalue weighted by atomic mass is 127. The summed E-state index contributed by atoms with van der Waals surface area (Å²) in [6, 6.07) is -1.95. The van der Waals surface area contributed by atoms with Crippen LogP contribution in [0, 0.1) is 21.0 Å². The minimum absolute atomic E-state index is 0.0346. The van der Waals surface area contributed by atoms with E-state index in [0.29, 0.717) is 57.1 Å².